The molecule has 2 N–H and O–H groups in total. The summed E-state index contributed by atoms with van der Waals surface area (Å²) >= 11 is 0. The van der Waals surface area contributed by atoms with Gasteiger partial charge in [0.2, 0.25) is 5.91 Å². The van der Waals surface area contributed by atoms with Crippen LogP contribution in [-0.4, -0.2) is 30.4 Å². The van der Waals surface area contributed by atoms with Crippen molar-refractivity contribution in [2.45, 2.75) is 45.6 Å². The second kappa shape index (κ2) is 5.50. The minimum absolute atomic E-state index is 0.0708. The fraction of sp³-hybridized carbons (Fsp3) is 0.917. The van der Waals surface area contributed by atoms with Crippen LogP contribution < -0.4 is 5.73 Å². The van der Waals surface area contributed by atoms with Gasteiger partial charge in [-0.2, -0.15) is 0 Å². The molecule has 3 nitrogen and oxygen atoms in total. The summed E-state index contributed by atoms with van der Waals surface area (Å²) < 4.78 is 0. The van der Waals surface area contributed by atoms with Gasteiger partial charge in [0.1, 0.15) is 0 Å². The molecule has 1 aliphatic carbocycles. The van der Waals surface area contributed by atoms with Gasteiger partial charge in [-0.15, -0.1) is 0 Å². The van der Waals surface area contributed by atoms with Crippen LogP contribution in [0.4, 0.5) is 0 Å². The fourth-order valence-corrected chi connectivity index (χ4v) is 2.34. The van der Waals surface area contributed by atoms with E-state index < -0.39 is 0 Å². The molecule has 1 fully saturated rings. The molecule has 1 unspecified atom stereocenters. The molecular weight excluding hydrogens is 188 g/mol. The van der Waals surface area contributed by atoms with Crippen LogP contribution in [0.1, 0.15) is 39.5 Å². The van der Waals surface area contributed by atoms with Crippen LogP contribution in [0.5, 0.6) is 0 Å². The molecule has 1 amide bonds. The molecule has 0 spiro atoms. The van der Waals surface area contributed by atoms with Crippen LogP contribution in [0.15, 0.2) is 0 Å². The number of hydrogen-bond acceptors (Lipinski definition) is 2. The van der Waals surface area contributed by atoms with Crippen molar-refractivity contribution >= 4 is 5.91 Å². The minimum atomic E-state index is 0.0708. The van der Waals surface area contributed by atoms with Gasteiger partial charge in [-0.05, 0) is 38.5 Å². The second-order valence-corrected chi connectivity index (χ2v) is 5.15. The van der Waals surface area contributed by atoms with Gasteiger partial charge in [0.05, 0.1) is 0 Å². The molecule has 88 valence electrons. The lowest BCUT2D eigenvalue weighted by atomic mass is 9.82. The summed E-state index contributed by atoms with van der Waals surface area (Å²) in [5.41, 5.74) is 5.69. The number of amides is 1. The van der Waals surface area contributed by atoms with E-state index in [9.17, 15) is 4.79 Å². The van der Waals surface area contributed by atoms with Crippen molar-refractivity contribution in [1.29, 1.82) is 0 Å². The van der Waals surface area contributed by atoms with E-state index in [4.69, 9.17) is 5.73 Å². The second-order valence-electron chi connectivity index (χ2n) is 5.15. The Bertz CT molecular complexity index is 208. The molecule has 0 radical (unpaired) electrons. The van der Waals surface area contributed by atoms with Crippen LogP contribution in [0.3, 0.4) is 0 Å². The Labute approximate surface area is 93.0 Å². The maximum Gasteiger partial charge on any atom is 0.225 e. The third-order valence-corrected chi connectivity index (χ3v) is 3.30. The van der Waals surface area contributed by atoms with Crippen LogP contribution >= 0.6 is 0 Å². The number of rotatable bonds is 3. The highest BCUT2D eigenvalue weighted by Gasteiger charge is 2.26. The third kappa shape index (κ3) is 3.82. The van der Waals surface area contributed by atoms with Crippen molar-refractivity contribution in [2.75, 3.05) is 13.6 Å². The van der Waals surface area contributed by atoms with Gasteiger partial charge in [0.15, 0.2) is 0 Å². The Balaban J connectivity index is 2.39. The molecule has 15 heavy (non-hydrogen) atoms. The molecule has 0 aromatic heterocycles. The standard InChI is InChI=1S/C12H24N2O/c1-9-4-6-11(7-5-9)12(15)14(3)8-10(2)13/h9-11H,4-8,13H2,1-3H3. The van der Waals surface area contributed by atoms with E-state index in [1.165, 1.54) is 12.8 Å². The van der Waals surface area contributed by atoms with Gasteiger partial charge in [0.25, 0.3) is 0 Å². The average molecular weight is 212 g/mol. The van der Waals surface area contributed by atoms with Crippen molar-refractivity contribution in [3.05, 3.63) is 0 Å². The maximum absolute atomic E-state index is 12.0. The summed E-state index contributed by atoms with van der Waals surface area (Å²) in [7, 11) is 1.86. The van der Waals surface area contributed by atoms with Gasteiger partial charge in [-0.3, -0.25) is 4.79 Å². The first-order chi connectivity index (χ1) is 7.00. The highest BCUT2D eigenvalue weighted by Crippen LogP contribution is 2.29. The van der Waals surface area contributed by atoms with Crippen molar-refractivity contribution in [3.8, 4) is 0 Å². The number of carbonyl (C=O) groups excluding carboxylic acids is 1. The largest absolute Gasteiger partial charge is 0.344 e. The molecule has 3 heteroatoms. The summed E-state index contributed by atoms with van der Waals surface area (Å²) in [6.45, 7) is 4.88. The number of carbonyl (C=O) groups is 1. The number of hydrogen-bond donors (Lipinski definition) is 1. The lowest BCUT2D eigenvalue weighted by molar-refractivity contribution is -0.135. The molecule has 0 aromatic carbocycles. The van der Waals surface area contributed by atoms with Gasteiger partial charge in [0, 0.05) is 25.6 Å². The van der Waals surface area contributed by atoms with E-state index in [1.807, 2.05) is 14.0 Å². The molecule has 1 atom stereocenters. The zero-order valence-electron chi connectivity index (χ0n) is 10.2. The molecule has 0 saturated heterocycles. The van der Waals surface area contributed by atoms with Crippen molar-refractivity contribution in [2.24, 2.45) is 17.6 Å². The lowest BCUT2D eigenvalue weighted by Gasteiger charge is -2.29. The third-order valence-electron chi connectivity index (χ3n) is 3.30. The highest BCUT2D eigenvalue weighted by atomic mass is 16.2. The minimum Gasteiger partial charge on any atom is -0.344 e. The van der Waals surface area contributed by atoms with Crippen LogP contribution in [-0.2, 0) is 4.79 Å². The molecule has 0 heterocycles. The molecule has 0 bridgehead atoms. The maximum atomic E-state index is 12.0. The molecule has 1 rings (SSSR count). The Morgan fingerprint density at radius 2 is 1.93 bits per heavy atom. The molecule has 1 saturated carbocycles. The zero-order chi connectivity index (χ0) is 11.4. The normalized spacial score (nSPS) is 28.5. The predicted octanol–water partition coefficient (Wildman–Crippen LogP) is 1.62. The van der Waals surface area contributed by atoms with Gasteiger partial charge in [-0.25, -0.2) is 0 Å². The topological polar surface area (TPSA) is 46.3 Å². The molecule has 0 aromatic rings. The summed E-state index contributed by atoms with van der Waals surface area (Å²) in [5, 5.41) is 0. The quantitative estimate of drug-likeness (QED) is 0.772. The Morgan fingerprint density at radius 3 is 2.40 bits per heavy atom. The molecule has 1 aliphatic rings. The fourth-order valence-electron chi connectivity index (χ4n) is 2.34. The van der Waals surface area contributed by atoms with Gasteiger partial charge in [-0.1, -0.05) is 6.92 Å². The van der Waals surface area contributed by atoms with Crippen LogP contribution in [0.25, 0.3) is 0 Å². The van der Waals surface area contributed by atoms with E-state index in [-0.39, 0.29) is 12.0 Å². The summed E-state index contributed by atoms with van der Waals surface area (Å²) in [4.78, 5) is 13.8. The zero-order valence-corrected chi connectivity index (χ0v) is 10.2. The van der Waals surface area contributed by atoms with E-state index in [0.29, 0.717) is 12.5 Å². The Hall–Kier alpha value is -0.570. The molecule has 0 aliphatic heterocycles. The van der Waals surface area contributed by atoms with E-state index in [0.717, 1.165) is 18.8 Å². The van der Waals surface area contributed by atoms with E-state index >= 15 is 0 Å². The van der Waals surface area contributed by atoms with Crippen LogP contribution in [0, 0.1) is 11.8 Å². The Morgan fingerprint density at radius 1 is 1.40 bits per heavy atom. The van der Waals surface area contributed by atoms with E-state index in [2.05, 4.69) is 6.92 Å². The van der Waals surface area contributed by atoms with Gasteiger partial charge < -0.3 is 10.6 Å². The lowest BCUT2D eigenvalue weighted by Crippen LogP contribution is -2.41. The van der Waals surface area contributed by atoms with Crippen molar-refractivity contribution in [1.82, 2.24) is 4.90 Å². The van der Waals surface area contributed by atoms with Crippen molar-refractivity contribution in [3.63, 3.8) is 0 Å². The van der Waals surface area contributed by atoms with Crippen LogP contribution in [0.2, 0.25) is 0 Å². The summed E-state index contributed by atoms with van der Waals surface area (Å²) in [6.07, 6.45) is 4.51. The highest BCUT2D eigenvalue weighted by molar-refractivity contribution is 5.78. The Kier molecular flexibility index (Phi) is 4.58. The number of nitrogens with two attached hydrogens (primary N) is 1. The summed E-state index contributed by atoms with van der Waals surface area (Å²) in [6, 6.07) is 0.0708. The summed E-state index contributed by atoms with van der Waals surface area (Å²) in [5.74, 6) is 1.34. The first kappa shape index (κ1) is 12.5. The smallest absolute Gasteiger partial charge is 0.225 e. The van der Waals surface area contributed by atoms with Gasteiger partial charge >= 0.3 is 0 Å². The number of nitrogens with zero attached hydrogens (tertiary/aromatic N) is 1. The monoisotopic (exact) mass is 212 g/mol. The number of likely N-dealkylation sites (N-methyl/N-ethyl adjacent to an activating group) is 1. The average Bonchev–Trinajstić information content (AvgIpc) is 2.17. The molecular formula is C12H24N2O. The SMILES string of the molecule is CC(N)CN(C)C(=O)C1CCC(C)CC1. The van der Waals surface area contributed by atoms with Crippen molar-refractivity contribution < 1.29 is 4.79 Å². The first-order valence-electron chi connectivity index (χ1n) is 6.01. The first-order valence-corrected chi connectivity index (χ1v) is 6.01. The predicted molar refractivity (Wildman–Crippen MR) is 62.4 cm³/mol. The van der Waals surface area contributed by atoms with E-state index in [1.54, 1.807) is 4.90 Å².